The smallest absolute Gasteiger partial charge is 0.326 e. The molecule has 1 heterocycles. The molecule has 4 nitrogen and oxygen atoms in total. The van der Waals surface area contributed by atoms with Crippen LogP contribution >= 0.6 is 0 Å². The lowest BCUT2D eigenvalue weighted by Crippen LogP contribution is -2.14. The summed E-state index contributed by atoms with van der Waals surface area (Å²) in [5.74, 6) is -0.290. The molecule has 0 amide bonds. The highest BCUT2D eigenvalue weighted by molar-refractivity contribution is 5.80. The molecule has 2 N–H and O–H groups in total. The third kappa shape index (κ3) is 2.18. The van der Waals surface area contributed by atoms with Gasteiger partial charge in [-0.1, -0.05) is 6.07 Å². The molecule has 3 aromatic rings. The lowest BCUT2D eigenvalue weighted by molar-refractivity contribution is 0.628. The van der Waals surface area contributed by atoms with Gasteiger partial charge in [0.2, 0.25) is 0 Å². The number of anilines is 2. The van der Waals surface area contributed by atoms with Crippen molar-refractivity contribution < 1.29 is 4.39 Å². The predicted octanol–water partition coefficient (Wildman–Crippen LogP) is 3.23. The van der Waals surface area contributed by atoms with Gasteiger partial charge in [-0.05, 0) is 43.3 Å². The number of aromatic nitrogens is 2. The van der Waals surface area contributed by atoms with Crippen molar-refractivity contribution >= 4 is 22.4 Å². The average Bonchev–Trinajstić information content (AvgIpc) is 2.73. The van der Waals surface area contributed by atoms with Gasteiger partial charge < -0.3 is 10.3 Å². The topological polar surface area (TPSA) is 49.8 Å². The van der Waals surface area contributed by atoms with Gasteiger partial charge >= 0.3 is 5.69 Å². The van der Waals surface area contributed by atoms with Crippen LogP contribution in [0.3, 0.4) is 0 Å². The second-order valence-corrected chi connectivity index (χ2v) is 4.54. The first-order chi connectivity index (χ1) is 9.67. The maximum Gasteiger partial charge on any atom is 0.326 e. The summed E-state index contributed by atoms with van der Waals surface area (Å²) in [7, 11) is 0. The summed E-state index contributed by atoms with van der Waals surface area (Å²) in [6.07, 6.45) is 0. The van der Waals surface area contributed by atoms with Gasteiger partial charge in [-0.2, -0.15) is 0 Å². The molecule has 2 aromatic carbocycles. The second kappa shape index (κ2) is 4.85. The fourth-order valence-corrected chi connectivity index (χ4v) is 2.29. The Labute approximate surface area is 114 Å². The predicted molar refractivity (Wildman–Crippen MR) is 77.9 cm³/mol. The number of rotatable bonds is 3. The molecule has 5 heteroatoms. The fourth-order valence-electron chi connectivity index (χ4n) is 2.29. The molecular weight excluding hydrogens is 257 g/mol. The summed E-state index contributed by atoms with van der Waals surface area (Å²) in [5, 5.41) is 3.11. The van der Waals surface area contributed by atoms with E-state index in [-0.39, 0.29) is 11.5 Å². The molecule has 102 valence electrons. The van der Waals surface area contributed by atoms with Crippen molar-refractivity contribution in [1.29, 1.82) is 0 Å². The van der Waals surface area contributed by atoms with E-state index in [9.17, 15) is 9.18 Å². The number of aromatic amines is 1. The van der Waals surface area contributed by atoms with Crippen LogP contribution in [0.1, 0.15) is 6.92 Å². The number of imidazole rings is 1. The maximum absolute atomic E-state index is 13.1. The number of halogens is 1. The lowest BCUT2D eigenvalue weighted by atomic mass is 10.2. The van der Waals surface area contributed by atoms with E-state index >= 15 is 0 Å². The molecule has 20 heavy (non-hydrogen) atoms. The van der Waals surface area contributed by atoms with Crippen molar-refractivity contribution in [1.82, 2.24) is 9.55 Å². The molecule has 0 radical (unpaired) electrons. The van der Waals surface area contributed by atoms with Crippen LogP contribution in [-0.2, 0) is 6.54 Å². The first kappa shape index (κ1) is 12.5. The Morgan fingerprint density at radius 2 is 2.00 bits per heavy atom. The number of nitrogens with zero attached hydrogens (tertiary/aromatic N) is 1. The van der Waals surface area contributed by atoms with E-state index in [1.54, 1.807) is 16.7 Å². The SMILES string of the molecule is CCn1c(=O)[nH]c2cc(Nc3cccc(F)c3)ccc21. The van der Waals surface area contributed by atoms with Crippen LogP contribution in [0.15, 0.2) is 47.3 Å². The lowest BCUT2D eigenvalue weighted by Gasteiger charge is -2.06. The number of hydrogen-bond donors (Lipinski definition) is 2. The summed E-state index contributed by atoms with van der Waals surface area (Å²) in [6, 6.07) is 11.8. The molecule has 0 aliphatic rings. The van der Waals surface area contributed by atoms with Crippen LogP contribution in [0.25, 0.3) is 11.0 Å². The van der Waals surface area contributed by atoms with Crippen molar-refractivity contribution in [2.24, 2.45) is 0 Å². The van der Waals surface area contributed by atoms with Crippen molar-refractivity contribution in [3.8, 4) is 0 Å². The summed E-state index contributed by atoms with van der Waals surface area (Å²) in [6.45, 7) is 2.54. The zero-order chi connectivity index (χ0) is 14.1. The minimum atomic E-state index is -0.290. The molecule has 0 aliphatic heterocycles. The molecule has 0 spiro atoms. The van der Waals surface area contributed by atoms with Gasteiger partial charge in [0.05, 0.1) is 11.0 Å². The Bertz CT molecular complexity index is 819. The number of fused-ring (bicyclic) bond motifs is 1. The van der Waals surface area contributed by atoms with Crippen molar-refractivity contribution in [2.75, 3.05) is 5.32 Å². The Morgan fingerprint density at radius 3 is 2.75 bits per heavy atom. The van der Waals surface area contributed by atoms with E-state index < -0.39 is 0 Å². The monoisotopic (exact) mass is 271 g/mol. The highest BCUT2D eigenvalue weighted by atomic mass is 19.1. The number of hydrogen-bond acceptors (Lipinski definition) is 2. The molecule has 0 fully saturated rings. The van der Waals surface area contributed by atoms with E-state index in [1.807, 2.05) is 25.1 Å². The summed E-state index contributed by atoms with van der Waals surface area (Å²) in [5.41, 5.74) is 2.97. The largest absolute Gasteiger partial charge is 0.355 e. The van der Waals surface area contributed by atoms with Crippen molar-refractivity contribution in [3.63, 3.8) is 0 Å². The van der Waals surface area contributed by atoms with E-state index in [0.29, 0.717) is 12.2 Å². The van der Waals surface area contributed by atoms with Crippen LogP contribution in [0.2, 0.25) is 0 Å². The maximum atomic E-state index is 13.1. The zero-order valence-electron chi connectivity index (χ0n) is 11.0. The van der Waals surface area contributed by atoms with Crippen LogP contribution in [-0.4, -0.2) is 9.55 Å². The summed E-state index contributed by atoms with van der Waals surface area (Å²) in [4.78, 5) is 14.5. The van der Waals surface area contributed by atoms with Crippen LogP contribution in [0, 0.1) is 5.82 Å². The normalized spacial score (nSPS) is 10.9. The molecule has 0 aliphatic carbocycles. The highest BCUT2D eigenvalue weighted by Crippen LogP contribution is 2.21. The summed E-state index contributed by atoms with van der Waals surface area (Å²) >= 11 is 0. The Kier molecular flexibility index (Phi) is 3.02. The minimum Gasteiger partial charge on any atom is -0.355 e. The molecule has 0 saturated carbocycles. The van der Waals surface area contributed by atoms with Gasteiger partial charge in [0.25, 0.3) is 0 Å². The Hall–Kier alpha value is -2.56. The van der Waals surface area contributed by atoms with Gasteiger partial charge in [-0.15, -0.1) is 0 Å². The quantitative estimate of drug-likeness (QED) is 0.768. The van der Waals surface area contributed by atoms with Gasteiger partial charge in [0.1, 0.15) is 5.82 Å². The number of aryl methyl sites for hydroxylation is 1. The molecule has 0 unspecified atom stereocenters. The minimum absolute atomic E-state index is 0.120. The Balaban J connectivity index is 1.99. The van der Waals surface area contributed by atoms with Crippen LogP contribution in [0.4, 0.5) is 15.8 Å². The van der Waals surface area contributed by atoms with E-state index in [1.165, 1.54) is 12.1 Å². The molecule has 1 aromatic heterocycles. The highest BCUT2D eigenvalue weighted by Gasteiger charge is 2.05. The zero-order valence-corrected chi connectivity index (χ0v) is 11.0. The molecule has 0 saturated heterocycles. The van der Waals surface area contributed by atoms with Gasteiger partial charge in [0, 0.05) is 17.9 Å². The Morgan fingerprint density at radius 1 is 1.20 bits per heavy atom. The average molecular weight is 271 g/mol. The second-order valence-electron chi connectivity index (χ2n) is 4.54. The van der Waals surface area contributed by atoms with E-state index in [4.69, 9.17) is 0 Å². The fraction of sp³-hybridized carbons (Fsp3) is 0.133. The standard InChI is InChI=1S/C15H14FN3O/c1-2-19-14-7-6-12(9-13(14)18-15(19)20)17-11-5-3-4-10(16)8-11/h3-9,17H,2H2,1H3,(H,18,20). The van der Waals surface area contributed by atoms with Crippen LogP contribution < -0.4 is 11.0 Å². The number of H-pyrrole nitrogens is 1. The molecule has 3 rings (SSSR count). The van der Waals surface area contributed by atoms with Gasteiger partial charge in [-0.25, -0.2) is 9.18 Å². The molecule has 0 bridgehead atoms. The molecule has 0 atom stereocenters. The number of nitrogens with one attached hydrogen (secondary N) is 2. The number of benzene rings is 2. The van der Waals surface area contributed by atoms with Gasteiger partial charge in [0.15, 0.2) is 0 Å². The third-order valence-electron chi connectivity index (χ3n) is 3.20. The summed E-state index contributed by atoms with van der Waals surface area (Å²) < 4.78 is 14.8. The van der Waals surface area contributed by atoms with E-state index in [2.05, 4.69) is 10.3 Å². The van der Waals surface area contributed by atoms with E-state index in [0.717, 1.165) is 16.7 Å². The van der Waals surface area contributed by atoms with Crippen LogP contribution in [0.5, 0.6) is 0 Å². The molecular formula is C15H14FN3O. The van der Waals surface area contributed by atoms with Gasteiger partial charge in [-0.3, -0.25) is 4.57 Å². The first-order valence-electron chi connectivity index (χ1n) is 6.42. The third-order valence-corrected chi connectivity index (χ3v) is 3.20. The first-order valence-corrected chi connectivity index (χ1v) is 6.42. The van der Waals surface area contributed by atoms with Crippen molar-refractivity contribution in [3.05, 3.63) is 58.8 Å². The van der Waals surface area contributed by atoms with Crippen molar-refractivity contribution in [2.45, 2.75) is 13.5 Å².